The van der Waals surface area contributed by atoms with Gasteiger partial charge in [0.25, 0.3) is 0 Å². The molecule has 20 heavy (non-hydrogen) atoms. The van der Waals surface area contributed by atoms with Gasteiger partial charge in [-0.25, -0.2) is 0 Å². The zero-order chi connectivity index (χ0) is 14.8. The van der Waals surface area contributed by atoms with Crippen molar-refractivity contribution in [2.45, 2.75) is 50.7 Å². The molecular weight excluding hydrogens is 254 g/mol. The minimum atomic E-state index is -0.653. The van der Waals surface area contributed by atoms with Gasteiger partial charge in [0.05, 0.1) is 12.2 Å². The van der Waals surface area contributed by atoms with Gasteiger partial charge < -0.3 is 15.9 Å². The van der Waals surface area contributed by atoms with Crippen LogP contribution in [0.1, 0.15) is 38.5 Å². The fraction of sp³-hybridized carbons (Fsp3) is 0.562. The predicted molar refractivity (Wildman–Crippen MR) is 79.8 cm³/mol. The van der Waals surface area contributed by atoms with Crippen molar-refractivity contribution in [1.29, 1.82) is 0 Å². The summed E-state index contributed by atoms with van der Waals surface area (Å²) in [5, 5.41) is 19.4. The second-order valence-corrected chi connectivity index (χ2v) is 5.26. The minimum Gasteiger partial charge on any atom is -0.389 e. The van der Waals surface area contributed by atoms with Crippen LogP contribution in [0.2, 0.25) is 0 Å². The number of rotatable bonds is 8. The van der Waals surface area contributed by atoms with E-state index in [1.807, 2.05) is 18.2 Å². The Kier molecular flexibility index (Phi) is 7.92. The lowest BCUT2D eigenvalue weighted by Gasteiger charge is -2.12. The number of allylic oxidation sites excluding steroid dienone is 4. The van der Waals surface area contributed by atoms with Crippen molar-refractivity contribution in [1.82, 2.24) is 0 Å². The van der Waals surface area contributed by atoms with Crippen molar-refractivity contribution in [3.8, 4) is 0 Å². The van der Waals surface area contributed by atoms with Crippen LogP contribution >= 0.6 is 0 Å². The van der Waals surface area contributed by atoms with E-state index in [4.69, 9.17) is 5.73 Å². The van der Waals surface area contributed by atoms with E-state index in [2.05, 4.69) is 0 Å². The Morgan fingerprint density at radius 1 is 1.10 bits per heavy atom. The lowest BCUT2D eigenvalue weighted by molar-refractivity contribution is -0.118. The molecule has 0 aromatic rings. The lowest BCUT2D eigenvalue weighted by atomic mass is 10.0. The van der Waals surface area contributed by atoms with Crippen molar-refractivity contribution < 1.29 is 15.0 Å². The molecule has 1 aliphatic carbocycles. The number of carbonyl (C=O) groups is 1. The Morgan fingerprint density at radius 3 is 2.30 bits per heavy atom. The van der Waals surface area contributed by atoms with Gasteiger partial charge in [0.2, 0.25) is 5.91 Å². The second kappa shape index (κ2) is 9.50. The van der Waals surface area contributed by atoms with E-state index in [0.29, 0.717) is 12.3 Å². The largest absolute Gasteiger partial charge is 0.389 e. The van der Waals surface area contributed by atoms with Gasteiger partial charge in [0.1, 0.15) is 0 Å². The van der Waals surface area contributed by atoms with Crippen LogP contribution in [0.3, 0.4) is 0 Å². The molecule has 4 heteroatoms. The summed E-state index contributed by atoms with van der Waals surface area (Å²) in [6.07, 6.45) is 14.7. The maximum Gasteiger partial charge on any atom is 0.217 e. The fourth-order valence-electron chi connectivity index (χ4n) is 2.34. The number of carbonyl (C=O) groups excluding carboxylic acids is 1. The van der Waals surface area contributed by atoms with Crippen molar-refractivity contribution in [2.24, 2.45) is 11.7 Å². The van der Waals surface area contributed by atoms with E-state index in [1.165, 1.54) is 12.8 Å². The summed E-state index contributed by atoms with van der Waals surface area (Å²) in [6.45, 7) is 0. The number of hydrogen-bond acceptors (Lipinski definition) is 3. The third-order valence-electron chi connectivity index (χ3n) is 3.54. The van der Waals surface area contributed by atoms with Crippen molar-refractivity contribution in [3.05, 3.63) is 36.5 Å². The van der Waals surface area contributed by atoms with Gasteiger partial charge in [-0.2, -0.15) is 0 Å². The molecule has 0 saturated heterocycles. The molecule has 2 atom stereocenters. The molecule has 4 nitrogen and oxygen atoms in total. The number of amides is 1. The minimum absolute atomic E-state index is 0.183. The van der Waals surface area contributed by atoms with Gasteiger partial charge >= 0.3 is 0 Å². The molecular formula is C16H25NO3. The molecule has 1 rings (SSSR count). The summed E-state index contributed by atoms with van der Waals surface area (Å²) in [5.74, 6) is 0.00244. The molecule has 0 aromatic carbocycles. The number of nitrogens with two attached hydrogens (primary N) is 1. The van der Waals surface area contributed by atoms with Gasteiger partial charge in [-0.1, -0.05) is 49.3 Å². The Morgan fingerprint density at radius 2 is 1.70 bits per heavy atom. The van der Waals surface area contributed by atoms with Crippen LogP contribution in [0.4, 0.5) is 0 Å². The standard InChI is InChI=1S/C16H25NO3/c17-16(20)12-11-14(18)9-3-1-2-4-10-15(19)13-7-5-6-8-13/h1-4,9-10,13-15,18-19H,5-8,11-12H2,(H2,17,20)/b2-1-,9-3+,10-4+. The average Bonchev–Trinajstić information content (AvgIpc) is 2.94. The Hall–Kier alpha value is -1.39. The molecule has 1 fully saturated rings. The van der Waals surface area contributed by atoms with E-state index in [9.17, 15) is 15.0 Å². The molecule has 1 aliphatic rings. The number of aliphatic hydroxyl groups is 2. The highest BCUT2D eigenvalue weighted by Crippen LogP contribution is 2.28. The number of primary amides is 1. The van der Waals surface area contributed by atoms with Gasteiger partial charge in [-0.15, -0.1) is 0 Å². The van der Waals surface area contributed by atoms with Crippen LogP contribution in [0.25, 0.3) is 0 Å². The first-order valence-electron chi connectivity index (χ1n) is 7.25. The van der Waals surface area contributed by atoms with E-state index in [0.717, 1.165) is 12.8 Å². The SMILES string of the molecule is NC(=O)CCC(O)/C=C/C=C\C=C\C(O)C1CCCC1. The predicted octanol–water partition coefficient (Wildman–Crippen LogP) is 1.83. The molecule has 0 bridgehead atoms. The molecule has 0 aromatic heterocycles. The molecule has 1 amide bonds. The van der Waals surface area contributed by atoms with E-state index in [-0.39, 0.29) is 12.5 Å². The third kappa shape index (κ3) is 7.26. The van der Waals surface area contributed by atoms with Crippen LogP contribution in [0.5, 0.6) is 0 Å². The fourth-order valence-corrected chi connectivity index (χ4v) is 2.34. The Balaban J connectivity index is 2.21. The van der Waals surface area contributed by atoms with Crippen molar-refractivity contribution >= 4 is 5.91 Å². The first kappa shape index (κ1) is 16.7. The summed E-state index contributed by atoms with van der Waals surface area (Å²) in [6, 6.07) is 0. The quantitative estimate of drug-likeness (QED) is 0.593. The zero-order valence-electron chi connectivity index (χ0n) is 11.8. The molecule has 4 N–H and O–H groups in total. The van der Waals surface area contributed by atoms with Crippen molar-refractivity contribution in [2.75, 3.05) is 0 Å². The summed E-state index contributed by atoms with van der Waals surface area (Å²) in [5.41, 5.74) is 4.99. The van der Waals surface area contributed by atoms with Gasteiger partial charge in [-0.05, 0) is 25.2 Å². The first-order chi connectivity index (χ1) is 9.59. The van der Waals surface area contributed by atoms with E-state index >= 15 is 0 Å². The topological polar surface area (TPSA) is 83.6 Å². The van der Waals surface area contributed by atoms with E-state index in [1.54, 1.807) is 18.2 Å². The smallest absolute Gasteiger partial charge is 0.217 e. The molecule has 2 unspecified atom stereocenters. The highest BCUT2D eigenvalue weighted by Gasteiger charge is 2.20. The van der Waals surface area contributed by atoms with Gasteiger partial charge in [0.15, 0.2) is 0 Å². The highest BCUT2D eigenvalue weighted by atomic mass is 16.3. The second-order valence-electron chi connectivity index (χ2n) is 5.26. The zero-order valence-corrected chi connectivity index (χ0v) is 11.8. The summed E-state index contributed by atoms with van der Waals surface area (Å²) in [7, 11) is 0. The summed E-state index contributed by atoms with van der Waals surface area (Å²) < 4.78 is 0. The van der Waals surface area contributed by atoms with Crippen LogP contribution in [-0.4, -0.2) is 28.3 Å². The van der Waals surface area contributed by atoms with Crippen LogP contribution < -0.4 is 5.73 Å². The molecule has 1 saturated carbocycles. The van der Waals surface area contributed by atoms with Gasteiger partial charge in [-0.3, -0.25) is 4.79 Å². The first-order valence-corrected chi connectivity index (χ1v) is 7.25. The van der Waals surface area contributed by atoms with Crippen LogP contribution in [0, 0.1) is 5.92 Å². The van der Waals surface area contributed by atoms with E-state index < -0.39 is 12.0 Å². The summed E-state index contributed by atoms with van der Waals surface area (Å²) in [4.78, 5) is 10.5. The molecule has 0 heterocycles. The lowest BCUT2D eigenvalue weighted by Crippen LogP contribution is -2.14. The maximum absolute atomic E-state index is 10.5. The van der Waals surface area contributed by atoms with Crippen LogP contribution in [0.15, 0.2) is 36.5 Å². The monoisotopic (exact) mass is 279 g/mol. The Bertz CT molecular complexity index is 368. The molecule has 0 aliphatic heterocycles. The normalized spacial score (nSPS) is 20.3. The highest BCUT2D eigenvalue weighted by molar-refractivity contribution is 5.73. The molecule has 0 radical (unpaired) electrons. The maximum atomic E-state index is 10.5. The summed E-state index contributed by atoms with van der Waals surface area (Å²) >= 11 is 0. The Labute approximate surface area is 120 Å². The van der Waals surface area contributed by atoms with Crippen LogP contribution in [-0.2, 0) is 4.79 Å². The third-order valence-corrected chi connectivity index (χ3v) is 3.54. The molecule has 112 valence electrons. The average molecular weight is 279 g/mol. The van der Waals surface area contributed by atoms with Crippen molar-refractivity contribution in [3.63, 3.8) is 0 Å². The van der Waals surface area contributed by atoms with Gasteiger partial charge in [0, 0.05) is 6.42 Å². The molecule has 0 spiro atoms. The number of aliphatic hydroxyl groups excluding tert-OH is 2. The number of hydrogen-bond donors (Lipinski definition) is 3.